The van der Waals surface area contributed by atoms with E-state index in [2.05, 4.69) is 17.6 Å². The van der Waals surface area contributed by atoms with Crippen LogP contribution in [0, 0.1) is 0 Å². The van der Waals surface area contributed by atoms with Crippen LogP contribution in [-0.4, -0.2) is 29.4 Å². The monoisotopic (exact) mass is 308 g/mol. The molecule has 3 rings (SSSR count). The number of benzene rings is 1. The van der Waals surface area contributed by atoms with Gasteiger partial charge in [0.15, 0.2) is 0 Å². The fraction of sp³-hybridized carbons (Fsp3) is 0.562. The lowest BCUT2D eigenvalue weighted by atomic mass is 9.91. The number of ether oxygens (including phenoxy) is 2. The predicted octanol–water partition coefficient (Wildman–Crippen LogP) is 3.70. The smallest absolute Gasteiger partial charge is 0.147 e. The van der Waals surface area contributed by atoms with Crippen molar-refractivity contribution in [3.05, 3.63) is 24.0 Å². The lowest BCUT2D eigenvalue weighted by Gasteiger charge is -2.36. The van der Waals surface area contributed by atoms with Crippen molar-refractivity contribution < 1.29 is 9.47 Å². The lowest BCUT2D eigenvalue weighted by molar-refractivity contribution is 0.0303. The van der Waals surface area contributed by atoms with Gasteiger partial charge in [0, 0.05) is 18.8 Å². The minimum atomic E-state index is 0.00204. The Morgan fingerprint density at radius 1 is 1.38 bits per heavy atom. The zero-order valence-corrected chi connectivity index (χ0v) is 13.3. The van der Waals surface area contributed by atoms with E-state index in [0.29, 0.717) is 12.5 Å². The first kappa shape index (κ1) is 14.7. The highest BCUT2D eigenvalue weighted by Gasteiger charge is 2.33. The van der Waals surface area contributed by atoms with Crippen molar-refractivity contribution in [2.45, 2.75) is 38.1 Å². The molecule has 0 aliphatic carbocycles. The predicted molar refractivity (Wildman–Crippen MR) is 84.2 cm³/mol. The van der Waals surface area contributed by atoms with Gasteiger partial charge in [0.25, 0.3) is 0 Å². The standard InChI is InChI=1S/C16H21ClN2O2/c1-3-21-13-6-4-5-12-15(13)18-14(11-17)19(12)16(2)7-9-20-10-8-16/h4-6H,3,7-11H2,1-2H3. The summed E-state index contributed by atoms with van der Waals surface area (Å²) in [6.45, 7) is 6.44. The maximum atomic E-state index is 6.16. The Bertz CT molecular complexity index is 632. The largest absolute Gasteiger partial charge is 0.492 e. The Hall–Kier alpha value is -1.26. The molecule has 5 heteroatoms. The molecule has 1 aromatic heterocycles. The Morgan fingerprint density at radius 3 is 2.81 bits per heavy atom. The molecule has 1 saturated heterocycles. The fourth-order valence-corrected chi connectivity index (χ4v) is 3.30. The average molecular weight is 309 g/mol. The summed E-state index contributed by atoms with van der Waals surface area (Å²) in [4.78, 5) is 4.74. The van der Waals surface area contributed by atoms with Crippen LogP contribution in [0.1, 0.15) is 32.5 Å². The van der Waals surface area contributed by atoms with E-state index in [4.69, 9.17) is 26.1 Å². The summed E-state index contributed by atoms with van der Waals surface area (Å²) in [6, 6.07) is 6.08. The highest BCUT2D eigenvalue weighted by molar-refractivity contribution is 6.16. The van der Waals surface area contributed by atoms with Crippen LogP contribution in [0.5, 0.6) is 5.75 Å². The Morgan fingerprint density at radius 2 is 2.14 bits per heavy atom. The van der Waals surface area contributed by atoms with E-state index in [9.17, 15) is 0 Å². The second kappa shape index (κ2) is 5.85. The number of hydrogen-bond acceptors (Lipinski definition) is 3. The summed E-state index contributed by atoms with van der Waals surface area (Å²) in [6.07, 6.45) is 1.95. The molecular weight excluding hydrogens is 288 g/mol. The van der Waals surface area contributed by atoms with Gasteiger partial charge in [-0.05, 0) is 38.8 Å². The molecule has 4 nitrogen and oxygen atoms in total. The van der Waals surface area contributed by atoms with Crippen LogP contribution in [-0.2, 0) is 16.2 Å². The van der Waals surface area contributed by atoms with Crippen molar-refractivity contribution in [3.63, 3.8) is 0 Å². The molecule has 1 aromatic carbocycles. The number of imidazole rings is 1. The minimum absolute atomic E-state index is 0.00204. The van der Waals surface area contributed by atoms with E-state index in [1.165, 1.54) is 0 Å². The number of aromatic nitrogens is 2. The summed E-state index contributed by atoms with van der Waals surface area (Å²) in [5.41, 5.74) is 2.01. The van der Waals surface area contributed by atoms with Crippen LogP contribution < -0.4 is 4.74 Å². The third kappa shape index (κ3) is 2.51. The van der Waals surface area contributed by atoms with Crippen molar-refractivity contribution in [2.24, 2.45) is 0 Å². The Labute approximate surface area is 130 Å². The quantitative estimate of drug-likeness (QED) is 0.808. The number of para-hydroxylation sites is 1. The second-order valence-electron chi connectivity index (χ2n) is 5.66. The third-order valence-corrected chi connectivity index (χ3v) is 4.49. The van der Waals surface area contributed by atoms with Crippen molar-refractivity contribution in [2.75, 3.05) is 19.8 Å². The molecule has 0 amide bonds. The molecule has 0 N–H and O–H groups in total. The van der Waals surface area contributed by atoms with E-state index in [1.807, 2.05) is 19.1 Å². The van der Waals surface area contributed by atoms with Gasteiger partial charge in [-0.25, -0.2) is 4.98 Å². The molecule has 1 aliphatic rings. The zero-order chi connectivity index (χ0) is 14.9. The van der Waals surface area contributed by atoms with Gasteiger partial charge in [0.2, 0.25) is 0 Å². The van der Waals surface area contributed by atoms with Crippen LogP contribution in [0.4, 0.5) is 0 Å². The molecule has 21 heavy (non-hydrogen) atoms. The summed E-state index contributed by atoms with van der Waals surface area (Å²) in [7, 11) is 0. The van der Waals surface area contributed by atoms with Gasteiger partial charge in [-0.2, -0.15) is 0 Å². The molecule has 0 unspecified atom stereocenters. The highest BCUT2D eigenvalue weighted by Crippen LogP contribution is 2.36. The summed E-state index contributed by atoms with van der Waals surface area (Å²) in [5.74, 6) is 2.13. The minimum Gasteiger partial charge on any atom is -0.492 e. The number of rotatable bonds is 4. The van der Waals surface area contributed by atoms with Crippen molar-refractivity contribution >= 4 is 22.6 Å². The van der Waals surface area contributed by atoms with Crippen LogP contribution in [0.3, 0.4) is 0 Å². The maximum Gasteiger partial charge on any atom is 0.147 e. The number of hydrogen-bond donors (Lipinski definition) is 0. The first-order valence-electron chi connectivity index (χ1n) is 7.47. The van der Waals surface area contributed by atoms with E-state index < -0.39 is 0 Å². The van der Waals surface area contributed by atoms with E-state index in [0.717, 1.165) is 48.7 Å². The van der Waals surface area contributed by atoms with E-state index >= 15 is 0 Å². The Balaban J connectivity index is 2.18. The van der Waals surface area contributed by atoms with Crippen molar-refractivity contribution in [3.8, 4) is 5.75 Å². The van der Waals surface area contributed by atoms with Gasteiger partial charge in [0.05, 0.1) is 18.0 Å². The first-order chi connectivity index (χ1) is 10.2. The van der Waals surface area contributed by atoms with E-state index in [1.54, 1.807) is 0 Å². The molecule has 0 spiro atoms. The molecule has 2 heterocycles. The van der Waals surface area contributed by atoms with Gasteiger partial charge < -0.3 is 14.0 Å². The van der Waals surface area contributed by atoms with Gasteiger partial charge >= 0.3 is 0 Å². The number of fused-ring (bicyclic) bond motifs is 1. The van der Waals surface area contributed by atoms with Gasteiger partial charge in [-0.15, -0.1) is 11.6 Å². The normalized spacial score (nSPS) is 18.0. The number of halogens is 1. The maximum absolute atomic E-state index is 6.16. The zero-order valence-electron chi connectivity index (χ0n) is 12.6. The number of alkyl halides is 1. The highest BCUT2D eigenvalue weighted by atomic mass is 35.5. The topological polar surface area (TPSA) is 36.3 Å². The third-order valence-electron chi connectivity index (χ3n) is 4.25. The number of nitrogens with zero attached hydrogens (tertiary/aromatic N) is 2. The van der Waals surface area contributed by atoms with Crippen LogP contribution >= 0.6 is 11.6 Å². The van der Waals surface area contributed by atoms with Crippen LogP contribution in [0.25, 0.3) is 11.0 Å². The molecule has 0 radical (unpaired) electrons. The lowest BCUT2D eigenvalue weighted by Crippen LogP contribution is -2.37. The SMILES string of the molecule is CCOc1cccc2c1nc(CCl)n2C1(C)CCOCC1. The summed E-state index contributed by atoms with van der Waals surface area (Å²) >= 11 is 6.16. The molecule has 2 aromatic rings. The van der Waals surface area contributed by atoms with Crippen LogP contribution in [0.2, 0.25) is 0 Å². The fourth-order valence-electron chi connectivity index (χ4n) is 3.12. The molecule has 1 fully saturated rings. The Kier molecular flexibility index (Phi) is 4.09. The average Bonchev–Trinajstić information content (AvgIpc) is 2.89. The summed E-state index contributed by atoms with van der Waals surface area (Å²) < 4.78 is 13.5. The molecule has 1 aliphatic heterocycles. The first-order valence-corrected chi connectivity index (χ1v) is 8.00. The van der Waals surface area contributed by atoms with Gasteiger partial charge in [-0.1, -0.05) is 6.07 Å². The van der Waals surface area contributed by atoms with Crippen molar-refractivity contribution in [1.82, 2.24) is 9.55 Å². The second-order valence-corrected chi connectivity index (χ2v) is 5.93. The van der Waals surface area contributed by atoms with Crippen LogP contribution in [0.15, 0.2) is 18.2 Å². The van der Waals surface area contributed by atoms with Gasteiger partial charge in [-0.3, -0.25) is 0 Å². The molecule has 0 atom stereocenters. The molecular formula is C16H21ClN2O2. The summed E-state index contributed by atoms with van der Waals surface area (Å²) in [5, 5.41) is 0. The molecule has 0 saturated carbocycles. The van der Waals surface area contributed by atoms with Gasteiger partial charge in [0.1, 0.15) is 17.1 Å². The van der Waals surface area contributed by atoms with E-state index in [-0.39, 0.29) is 5.54 Å². The molecule has 0 bridgehead atoms. The van der Waals surface area contributed by atoms with Crippen molar-refractivity contribution in [1.29, 1.82) is 0 Å². The molecule has 114 valence electrons.